The zero-order valence-electron chi connectivity index (χ0n) is 13.1. The quantitative estimate of drug-likeness (QED) is 0.800. The van der Waals surface area contributed by atoms with Gasteiger partial charge >= 0.3 is 0 Å². The Morgan fingerprint density at radius 2 is 2.24 bits per heavy atom. The van der Waals surface area contributed by atoms with Crippen LogP contribution in [0.15, 0.2) is 12.3 Å². The second-order valence-corrected chi connectivity index (χ2v) is 5.22. The molecule has 0 saturated heterocycles. The standard InChI is InChI=1S/C15H24FN3O2/c1-5-17-14-13(8-12(16)9-18-14)15(20)19(6-7-21-4)10-11(2)3/h8-9,11H,5-7,10H2,1-4H3,(H,17,18). The molecule has 0 radical (unpaired) electrons. The normalized spacial score (nSPS) is 10.8. The average Bonchev–Trinajstić information content (AvgIpc) is 2.44. The van der Waals surface area contributed by atoms with Crippen LogP contribution < -0.4 is 5.32 Å². The van der Waals surface area contributed by atoms with Crippen LogP contribution in [0.1, 0.15) is 31.1 Å². The highest BCUT2D eigenvalue weighted by molar-refractivity contribution is 5.98. The van der Waals surface area contributed by atoms with Gasteiger partial charge in [-0.3, -0.25) is 4.79 Å². The van der Waals surface area contributed by atoms with Gasteiger partial charge in [0.05, 0.1) is 18.4 Å². The summed E-state index contributed by atoms with van der Waals surface area (Å²) in [6.45, 7) is 8.07. The molecule has 5 nitrogen and oxygen atoms in total. The van der Waals surface area contributed by atoms with E-state index in [2.05, 4.69) is 10.3 Å². The molecule has 0 saturated carbocycles. The average molecular weight is 297 g/mol. The minimum atomic E-state index is -0.517. The monoisotopic (exact) mass is 297 g/mol. The highest BCUT2D eigenvalue weighted by Crippen LogP contribution is 2.17. The van der Waals surface area contributed by atoms with Crippen molar-refractivity contribution in [2.45, 2.75) is 20.8 Å². The summed E-state index contributed by atoms with van der Waals surface area (Å²) in [6, 6.07) is 1.23. The summed E-state index contributed by atoms with van der Waals surface area (Å²) in [5.74, 6) is -0.0232. The lowest BCUT2D eigenvalue weighted by Crippen LogP contribution is -2.37. The maximum atomic E-state index is 13.4. The van der Waals surface area contributed by atoms with Crippen molar-refractivity contribution in [3.63, 3.8) is 0 Å². The topological polar surface area (TPSA) is 54.5 Å². The molecule has 0 atom stereocenters. The zero-order valence-corrected chi connectivity index (χ0v) is 13.1. The number of aromatic nitrogens is 1. The fourth-order valence-electron chi connectivity index (χ4n) is 2.00. The Bertz CT molecular complexity index is 466. The van der Waals surface area contributed by atoms with Crippen molar-refractivity contribution in [2.75, 3.05) is 38.7 Å². The van der Waals surface area contributed by atoms with Crippen LogP contribution in [0.4, 0.5) is 10.2 Å². The Labute approximate surface area is 125 Å². The second kappa shape index (κ2) is 8.56. The maximum Gasteiger partial charge on any atom is 0.257 e. The lowest BCUT2D eigenvalue weighted by Gasteiger charge is -2.25. The number of carbonyl (C=O) groups excluding carboxylic acids is 1. The number of amides is 1. The molecular formula is C15H24FN3O2. The second-order valence-electron chi connectivity index (χ2n) is 5.22. The fraction of sp³-hybridized carbons (Fsp3) is 0.600. The molecule has 0 spiro atoms. The van der Waals surface area contributed by atoms with Gasteiger partial charge in [-0.15, -0.1) is 0 Å². The van der Waals surface area contributed by atoms with E-state index in [0.717, 1.165) is 6.20 Å². The molecule has 1 rings (SSSR count). The predicted molar refractivity (Wildman–Crippen MR) is 81.0 cm³/mol. The Kier molecular flexibility index (Phi) is 7.08. The van der Waals surface area contributed by atoms with E-state index in [-0.39, 0.29) is 11.5 Å². The molecule has 21 heavy (non-hydrogen) atoms. The molecule has 1 N–H and O–H groups in total. The minimum Gasteiger partial charge on any atom is -0.383 e. The Morgan fingerprint density at radius 1 is 1.52 bits per heavy atom. The van der Waals surface area contributed by atoms with Crippen molar-refractivity contribution in [2.24, 2.45) is 5.92 Å². The summed E-state index contributed by atoms with van der Waals surface area (Å²) in [5.41, 5.74) is 0.258. The molecule has 0 fully saturated rings. The van der Waals surface area contributed by atoms with Crippen LogP contribution in [0.3, 0.4) is 0 Å². The molecule has 0 aliphatic heterocycles. The highest BCUT2D eigenvalue weighted by atomic mass is 19.1. The van der Waals surface area contributed by atoms with E-state index in [1.165, 1.54) is 6.07 Å². The first-order valence-electron chi connectivity index (χ1n) is 7.17. The predicted octanol–water partition coefficient (Wildman–Crippen LogP) is 2.40. The van der Waals surface area contributed by atoms with E-state index in [1.54, 1.807) is 12.0 Å². The van der Waals surface area contributed by atoms with Gasteiger partial charge in [-0.05, 0) is 18.9 Å². The number of methoxy groups -OCH3 is 1. The van der Waals surface area contributed by atoms with Gasteiger partial charge in [-0.2, -0.15) is 0 Å². The zero-order chi connectivity index (χ0) is 15.8. The van der Waals surface area contributed by atoms with Gasteiger partial charge < -0.3 is 15.0 Å². The van der Waals surface area contributed by atoms with Crippen LogP contribution >= 0.6 is 0 Å². The number of hydrogen-bond acceptors (Lipinski definition) is 4. The molecule has 6 heteroatoms. The fourth-order valence-corrected chi connectivity index (χ4v) is 2.00. The van der Waals surface area contributed by atoms with E-state index >= 15 is 0 Å². The van der Waals surface area contributed by atoms with Gasteiger partial charge in [0, 0.05) is 26.7 Å². The molecule has 1 heterocycles. The maximum absolute atomic E-state index is 13.4. The number of nitrogens with zero attached hydrogens (tertiary/aromatic N) is 2. The third kappa shape index (κ3) is 5.30. The number of carbonyl (C=O) groups is 1. The summed E-state index contributed by atoms with van der Waals surface area (Å²) in [5, 5.41) is 2.99. The number of halogens is 1. The number of pyridine rings is 1. The van der Waals surface area contributed by atoms with E-state index in [4.69, 9.17) is 4.74 Å². The molecule has 1 aromatic rings. The van der Waals surface area contributed by atoms with Crippen molar-refractivity contribution in [3.05, 3.63) is 23.6 Å². The summed E-state index contributed by atoms with van der Waals surface area (Å²) >= 11 is 0. The van der Waals surface area contributed by atoms with Crippen LogP contribution in [0, 0.1) is 11.7 Å². The van der Waals surface area contributed by atoms with Crippen molar-refractivity contribution in [1.29, 1.82) is 0 Å². The van der Waals surface area contributed by atoms with Crippen LogP contribution in [-0.4, -0.2) is 49.1 Å². The molecule has 1 amide bonds. The highest BCUT2D eigenvalue weighted by Gasteiger charge is 2.21. The number of anilines is 1. The summed E-state index contributed by atoms with van der Waals surface area (Å²) in [6.07, 6.45) is 1.11. The molecule has 0 aliphatic rings. The number of nitrogens with one attached hydrogen (secondary N) is 1. The lowest BCUT2D eigenvalue weighted by molar-refractivity contribution is 0.0672. The van der Waals surface area contributed by atoms with Crippen molar-refractivity contribution >= 4 is 11.7 Å². The van der Waals surface area contributed by atoms with Crippen molar-refractivity contribution in [3.8, 4) is 0 Å². The van der Waals surface area contributed by atoms with E-state index in [0.29, 0.717) is 38.0 Å². The first-order valence-corrected chi connectivity index (χ1v) is 7.17. The van der Waals surface area contributed by atoms with Gasteiger partial charge in [0.15, 0.2) is 0 Å². The molecule has 118 valence electrons. The number of hydrogen-bond donors (Lipinski definition) is 1. The third-order valence-electron chi connectivity index (χ3n) is 2.87. The van der Waals surface area contributed by atoms with Crippen LogP contribution in [0.5, 0.6) is 0 Å². The lowest BCUT2D eigenvalue weighted by atomic mass is 10.1. The smallest absolute Gasteiger partial charge is 0.257 e. The summed E-state index contributed by atoms with van der Waals surface area (Å²) < 4.78 is 18.5. The Hall–Kier alpha value is -1.69. The Balaban J connectivity index is 3.03. The van der Waals surface area contributed by atoms with Gasteiger partial charge in [0.2, 0.25) is 0 Å². The van der Waals surface area contributed by atoms with E-state index in [9.17, 15) is 9.18 Å². The van der Waals surface area contributed by atoms with Gasteiger partial charge in [-0.1, -0.05) is 13.8 Å². The molecule has 0 aromatic carbocycles. The van der Waals surface area contributed by atoms with Crippen LogP contribution in [0.2, 0.25) is 0 Å². The molecular weight excluding hydrogens is 273 g/mol. The van der Waals surface area contributed by atoms with Crippen LogP contribution in [-0.2, 0) is 4.74 Å². The van der Waals surface area contributed by atoms with E-state index < -0.39 is 5.82 Å². The van der Waals surface area contributed by atoms with E-state index in [1.807, 2.05) is 20.8 Å². The van der Waals surface area contributed by atoms with Gasteiger partial charge in [0.1, 0.15) is 11.6 Å². The third-order valence-corrected chi connectivity index (χ3v) is 2.87. The molecule has 0 aliphatic carbocycles. The van der Waals surface area contributed by atoms with Gasteiger partial charge in [0.25, 0.3) is 5.91 Å². The largest absolute Gasteiger partial charge is 0.383 e. The number of rotatable bonds is 8. The molecule has 0 bridgehead atoms. The summed E-state index contributed by atoms with van der Waals surface area (Å²) in [7, 11) is 1.59. The Morgan fingerprint density at radius 3 is 2.81 bits per heavy atom. The van der Waals surface area contributed by atoms with Gasteiger partial charge in [-0.25, -0.2) is 9.37 Å². The van der Waals surface area contributed by atoms with Crippen LogP contribution in [0.25, 0.3) is 0 Å². The van der Waals surface area contributed by atoms with Crippen molar-refractivity contribution in [1.82, 2.24) is 9.88 Å². The first-order chi connectivity index (χ1) is 9.99. The SMILES string of the molecule is CCNc1ncc(F)cc1C(=O)N(CCOC)CC(C)C. The molecule has 0 unspecified atom stereocenters. The number of ether oxygens (including phenoxy) is 1. The minimum absolute atomic E-state index is 0.233. The first kappa shape index (κ1) is 17.4. The summed E-state index contributed by atoms with van der Waals surface area (Å²) in [4.78, 5) is 18.3. The molecule has 1 aromatic heterocycles. The van der Waals surface area contributed by atoms with Crippen molar-refractivity contribution < 1.29 is 13.9 Å².